The lowest BCUT2D eigenvalue weighted by Gasteiger charge is -2.26. The first-order valence-corrected chi connectivity index (χ1v) is 7.66. The summed E-state index contributed by atoms with van der Waals surface area (Å²) >= 11 is 8.00. The number of amidine groups is 1. The zero-order valence-corrected chi connectivity index (χ0v) is 12.6. The van der Waals surface area contributed by atoms with Crippen LogP contribution in [0.1, 0.15) is 32.4 Å². The number of hydrogen-bond acceptors (Lipinski definition) is 3. The van der Waals surface area contributed by atoms with Crippen LogP contribution in [0.2, 0.25) is 5.02 Å². The molecule has 0 aromatic heterocycles. The van der Waals surface area contributed by atoms with Crippen LogP contribution >= 0.6 is 23.4 Å². The molecule has 0 spiro atoms. The third kappa shape index (κ3) is 3.21. The Balaban J connectivity index is 2.06. The first kappa shape index (κ1) is 13.8. The van der Waals surface area contributed by atoms with Gasteiger partial charge in [0.05, 0.1) is 12.1 Å². The van der Waals surface area contributed by atoms with E-state index in [-0.39, 0.29) is 6.04 Å². The van der Waals surface area contributed by atoms with Gasteiger partial charge in [-0.15, -0.1) is 0 Å². The van der Waals surface area contributed by atoms with Crippen molar-refractivity contribution in [3.05, 3.63) is 34.9 Å². The summed E-state index contributed by atoms with van der Waals surface area (Å²) in [5.41, 5.74) is 1.12. The van der Waals surface area contributed by atoms with Crippen molar-refractivity contribution < 1.29 is 0 Å². The molecule has 0 saturated heterocycles. The van der Waals surface area contributed by atoms with E-state index in [1.165, 1.54) is 0 Å². The van der Waals surface area contributed by atoms with Gasteiger partial charge < -0.3 is 5.32 Å². The fourth-order valence-electron chi connectivity index (χ4n) is 1.87. The third-order valence-corrected chi connectivity index (χ3v) is 4.87. The minimum Gasteiger partial charge on any atom is -0.358 e. The Labute approximate surface area is 118 Å². The molecule has 1 aliphatic rings. The van der Waals surface area contributed by atoms with Gasteiger partial charge in [-0.1, -0.05) is 48.5 Å². The number of aliphatic imine (C=N–C) groups is 1. The summed E-state index contributed by atoms with van der Waals surface area (Å²) in [5.74, 6) is 1.78. The Hall–Kier alpha value is -0.670. The fourth-order valence-corrected chi connectivity index (χ4v) is 3.37. The second-order valence-corrected chi connectivity index (χ2v) is 6.27. The molecule has 2 rings (SSSR count). The van der Waals surface area contributed by atoms with Gasteiger partial charge in [-0.3, -0.25) is 4.99 Å². The first-order valence-electron chi connectivity index (χ1n) is 6.29. The van der Waals surface area contributed by atoms with E-state index in [9.17, 15) is 0 Å². The minimum absolute atomic E-state index is 0.186. The van der Waals surface area contributed by atoms with E-state index < -0.39 is 0 Å². The second-order valence-electron chi connectivity index (χ2n) is 4.85. The number of benzene rings is 1. The van der Waals surface area contributed by atoms with Gasteiger partial charge in [-0.25, -0.2) is 0 Å². The molecule has 18 heavy (non-hydrogen) atoms. The molecule has 0 amide bonds. The van der Waals surface area contributed by atoms with Crippen LogP contribution in [-0.2, 0) is 0 Å². The van der Waals surface area contributed by atoms with Crippen LogP contribution in [0.25, 0.3) is 0 Å². The van der Waals surface area contributed by atoms with Crippen LogP contribution in [0, 0.1) is 5.92 Å². The van der Waals surface area contributed by atoms with Crippen LogP contribution in [0.3, 0.4) is 0 Å². The molecule has 1 aliphatic heterocycles. The number of nitrogens with one attached hydrogen (secondary N) is 1. The van der Waals surface area contributed by atoms with Crippen molar-refractivity contribution in [2.75, 3.05) is 5.75 Å². The quantitative estimate of drug-likeness (QED) is 0.882. The maximum atomic E-state index is 6.20. The highest BCUT2D eigenvalue weighted by molar-refractivity contribution is 8.13. The van der Waals surface area contributed by atoms with Crippen molar-refractivity contribution in [1.29, 1.82) is 0 Å². The number of hydrogen-bond donors (Lipinski definition) is 1. The van der Waals surface area contributed by atoms with Crippen LogP contribution in [0.5, 0.6) is 0 Å². The van der Waals surface area contributed by atoms with Gasteiger partial charge in [0.1, 0.15) is 0 Å². The van der Waals surface area contributed by atoms with Crippen molar-refractivity contribution in [2.24, 2.45) is 10.9 Å². The summed E-state index contributed by atoms with van der Waals surface area (Å²) < 4.78 is 0. The highest BCUT2D eigenvalue weighted by atomic mass is 35.5. The molecule has 4 heteroatoms. The van der Waals surface area contributed by atoms with Gasteiger partial charge in [0.25, 0.3) is 0 Å². The average Bonchev–Trinajstić information content (AvgIpc) is 2.34. The van der Waals surface area contributed by atoms with Gasteiger partial charge in [0.2, 0.25) is 0 Å². The van der Waals surface area contributed by atoms with E-state index in [0.29, 0.717) is 12.0 Å². The maximum Gasteiger partial charge on any atom is 0.157 e. The lowest BCUT2D eigenvalue weighted by atomic mass is 10.1. The SMILES string of the molecule is CC(NC1=NC(C)C(C)CS1)c1ccccc1Cl. The maximum absolute atomic E-state index is 6.20. The minimum atomic E-state index is 0.186. The molecule has 1 heterocycles. The Morgan fingerprint density at radius 2 is 2.11 bits per heavy atom. The Bertz CT molecular complexity index is 447. The average molecular weight is 283 g/mol. The van der Waals surface area contributed by atoms with Gasteiger partial charge >= 0.3 is 0 Å². The molecule has 2 nitrogen and oxygen atoms in total. The normalized spacial score (nSPS) is 25.4. The van der Waals surface area contributed by atoms with E-state index in [1.54, 1.807) is 11.8 Å². The van der Waals surface area contributed by atoms with E-state index >= 15 is 0 Å². The molecule has 0 saturated carbocycles. The topological polar surface area (TPSA) is 24.4 Å². The fraction of sp³-hybridized carbons (Fsp3) is 0.500. The predicted molar refractivity (Wildman–Crippen MR) is 81.5 cm³/mol. The zero-order valence-electron chi connectivity index (χ0n) is 11.0. The van der Waals surface area contributed by atoms with E-state index in [4.69, 9.17) is 11.6 Å². The molecule has 98 valence electrons. The van der Waals surface area contributed by atoms with Gasteiger partial charge in [0.15, 0.2) is 5.17 Å². The van der Waals surface area contributed by atoms with E-state index in [2.05, 4.69) is 37.1 Å². The number of thioether (sulfide) groups is 1. The van der Waals surface area contributed by atoms with E-state index in [0.717, 1.165) is 21.5 Å². The first-order chi connectivity index (χ1) is 8.58. The van der Waals surface area contributed by atoms with Gasteiger partial charge in [-0.2, -0.15) is 0 Å². The lowest BCUT2D eigenvalue weighted by molar-refractivity contribution is 0.532. The zero-order chi connectivity index (χ0) is 13.1. The van der Waals surface area contributed by atoms with Crippen LogP contribution in [0.4, 0.5) is 0 Å². The van der Waals surface area contributed by atoms with Gasteiger partial charge in [0, 0.05) is 10.8 Å². The molecule has 0 bridgehead atoms. The van der Waals surface area contributed by atoms with Crippen molar-refractivity contribution in [2.45, 2.75) is 32.9 Å². The van der Waals surface area contributed by atoms with Crippen molar-refractivity contribution in [3.63, 3.8) is 0 Å². The molecule has 1 aromatic rings. The number of rotatable bonds is 2. The standard InChI is InChI=1S/C14H19ClN2S/c1-9-8-18-14(16-10(9)2)17-11(3)12-6-4-5-7-13(12)15/h4-7,9-11H,8H2,1-3H3,(H,16,17). The van der Waals surface area contributed by atoms with Crippen LogP contribution in [0.15, 0.2) is 29.3 Å². The summed E-state index contributed by atoms with van der Waals surface area (Å²) in [5, 5.41) is 5.30. The summed E-state index contributed by atoms with van der Waals surface area (Å²) in [7, 11) is 0. The highest BCUT2D eigenvalue weighted by Gasteiger charge is 2.20. The predicted octanol–water partition coefficient (Wildman–Crippen LogP) is 4.12. The molecular weight excluding hydrogens is 264 g/mol. The van der Waals surface area contributed by atoms with Gasteiger partial charge in [-0.05, 0) is 31.4 Å². The van der Waals surface area contributed by atoms with Crippen molar-refractivity contribution in [3.8, 4) is 0 Å². The molecule has 0 radical (unpaired) electrons. The molecule has 1 aromatic carbocycles. The lowest BCUT2D eigenvalue weighted by Crippen LogP contribution is -2.31. The Morgan fingerprint density at radius 1 is 1.39 bits per heavy atom. The summed E-state index contributed by atoms with van der Waals surface area (Å²) in [4.78, 5) is 4.68. The molecule has 3 atom stereocenters. The van der Waals surface area contributed by atoms with Crippen molar-refractivity contribution in [1.82, 2.24) is 5.32 Å². The monoisotopic (exact) mass is 282 g/mol. The highest BCUT2D eigenvalue weighted by Crippen LogP contribution is 2.26. The second kappa shape index (κ2) is 5.98. The Kier molecular flexibility index (Phi) is 4.57. The number of nitrogens with zero attached hydrogens (tertiary/aromatic N) is 1. The molecule has 3 unspecified atom stereocenters. The Morgan fingerprint density at radius 3 is 2.78 bits per heavy atom. The van der Waals surface area contributed by atoms with Crippen LogP contribution in [-0.4, -0.2) is 17.0 Å². The number of halogens is 1. The van der Waals surface area contributed by atoms with E-state index in [1.807, 2.05) is 18.2 Å². The van der Waals surface area contributed by atoms with Crippen LogP contribution < -0.4 is 5.32 Å². The third-order valence-electron chi connectivity index (χ3n) is 3.34. The smallest absolute Gasteiger partial charge is 0.157 e. The summed E-state index contributed by atoms with van der Waals surface area (Å²) in [6.07, 6.45) is 0. The largest absolute Gasteiger partial charge is 0.358 e. The molecular formula is C14H19ClN2S. The molecule has 1 N–H and O–H groups in total. The molecule has 0 fully saturated rings. The summed E-state index contributed by atoms with van der Waals surface area (Å²) in [6.45, 7) is 6.54. The molecule has 0 aliphatic carbocycles. The summed E-state index contributed by atoms with van der Waals surface area (Å²) in [6, 6.07) is 8.53. The van der Waals surface area contributed by atoms with Crippen molar-refractivity contribution >= 4 is 28.5 Å².